The van der Waals surface area contributed by atoms with Crippen molar-refractivity contribution in [3.8, 4) is 5.75 Å². The maximum atomic E-state index is 5.86. The summed E-state index contributed by atoms with van der Waals surface area (Å²) in [5, 5.41) is 3.35. The quantitative estimate of drug-likeness (QED) is 0.712. The monoisotopic (exact) mass is 339 g/mol. The van der Waals surface area contributed by atoms with Crippen molar-refractivity contribution >= 4 is 0 Å². The van der Waals surface area contributed by atoms with E-state index >= 15 is 0 Å². The van der Waals surface area contributed by atoms with Crippen molar-refractivity contribution in [3.05, 3.63) is 54.1 Å². The van der Waals surface area contributed by atoms with Crippen LogP contribution in [0.5, 0.6) is 5.75 Å². The van der Waals surface area contributed by atoms with Crippen LogP contribution in [0.15, 0.2) is 43.0 Å². The third-order valence-electron chi connectivity index (χ3n) is 5.08. The Morgan fingerprint density at radius 1 is 1.12 bits per heavy atom. The number of pyridine rings is 2. The zero-order valence-corrected chi connectivity index (χ0v) is 14.4. The van der Waals surface area contributed by atoms with E-state index in [0.29, 0.717) is 17.9 Å². The fourth-order valence-electron chi connectivity index (χ4n) is 3.22. The van der Waals surface area contributed by atoms with Crippen LogP contribution in [0.1, 0.15) is 29.9 Å². The molecule has 2 aromatic heterocycles. The molecule has 1 saturated heterocycles. The molecule has 2 aliphatic rings. The fraction of sp³-hybridized carbons (Fsp3) is 0.500. The maximum absolute atomic E-state index is 5.86. The minimum absolute atomic E-state index is 0.506. The van der Waals surface area contributed by atoms with Gasteiger partial charge in [-0.3, -0.25) is 9.97 Å². The molecule has 1 saturated carbocycles. The standard InChI is InChI=1S/C20H25N3O2/c1-5-21-6-2-15(1)4-8-24-13-17-10-20(17)16-9-19(12-22-11-16)25-14-18-3-7-23-18/h1-2,5-6,9,11-12,17-18,20,23H,3-4,7-8,10,13-14H2/t17-,18-,20+/m0/s1. The Balaban J connectivity index is 1.18. The van der Waals surface area contributed by atoms with E-state index in [1.807, 2.05) is 36.9 Å². The first-order chi connectivity index (χ1) is 12.4. The maximum Gasteiger partial charge on any atom is 0.137 e. The van der Waals surface area contributed by atoms with Crippen molar-refractivity contribution in [2.75, 3.05) is 26.4 Å². The number of nitrogens with one attached hydrogen (secondary N) is 1. The topological polar surface area (TPSA) is 56.3 Å². The molecule has 2 aromatic rings. The summed E-state index contributed by atoms with van der Waals surface area (Å²) in [6.45, 7) is 3.43. The number of nitrogens with zero attached hydrogens (tertiary/aromatic N) is 2. The lowest BCUT2D eigenvalue weighted by Gasteiger charge is -2.27. The van der Waals surface area contributed by atoms with E-state index in [-0.39, 0.29) is 0 Å². The summed E-state index contributed by atoms with van der Waals surface area (Å²) in [4.78, 5) is 8.38. The molecule has 1 N–H and O–H groups in total. The molecule has 1 aliphatic heterocycles. The van der Waals surface area contributed by atoms with Gasteiger partial charge in [-0.05, 0) is 67.0 Å². The molecule has 1 aliphatic carbocycles. The van der Waals surface area contributed by atoms with Crippen molar-refractivity contribution in [3.63, 3.8) is 0 Å². The summed E-state index contributed by atoms with van der Waals surface area (Å²) in [5.41, 5.74) is 2.55. The molecule has 3 atom stereocenters. The highest BCUT2D eigenvalue weighted by molar-refractivity contribution is 5.30. The summed E-state index contributed by atoms with van der Waals surface area (Å²) >= 11 is 0. The van der Waals surface area contributed by atoms with Crippen LogP contribution in [-0.4, -0.2) is 42.4 Å². The predicted octanol–water partition coefficient (Wildman–Crippen LogP) is 2.58. The molecular weight excluding hydrogens is 314 g/mol. The lowest BCUT2D eigenvalue weighted by molar-refractivity contribution is 0.126. The Hall–Kier alpha value is -1.98. The van der Waals surface area contributed by atoms with E-state index in [1.54, 1.807) is 0 Å². The molecular formula is C20H25N3O2. The second-order valence-corrected chi connectivity index (χ2v) is 6.99. The number of hydrogen-bond donors (Lipinski definition) is 1. The second kappa shape index (κ2) is 7.93. The Morgan fingerprint density at radius 2 is 2.00 bits per heavy atom. The molecule has 0 radical (unpaired) electrons. The van der Waals surface area contributed by atoms with Gasteiger partial charge in [0.1, 0.15) is 12.4 Å². The Morgan fingerprint density at radius 3 is 2.80 bits per heavy atom. The summed E-state index contributed by atoms with van der Waals surface area (Å²) in [6, 6.07) is 6.73. The van der Waals surface area contributed by atoms with Gasteiger partial charge in [0.05, 0.1) is 19.4 Å². The van der Waals surface area contributed by atoms with E-state index in [2.05, 4.69) is 21.4 Å². The summed E-state index contributed by atoms with van der Waals surface area (Å²) in [6.07, 6.45) is 10.8. The molecule has 0 spiro atoms. The highest BCUT2D eigenvalue weighted by Crippen LogP contribution is 2.47. The van der Waals surface area contributed by atoms with Gasteiger partial charge in [0.25, 0.3) is 0 Å². The molecule has 0 bridgehead atoms. The lowest BCUT2D eigenvalue weighted by atomic mass is 10.1. The summed E-state index contributed by atoms with van der Waals surface area (Å²) < 4.78 is 11.7. The average Bonchev–Trinajstić information content (AvgIpc) is 3.38. The third kappa shape index (κ3) is 4.55. The summed E-state index contributed by atoms with van der Waals surface area (Å²) in [7, 11) is 0. The van der Waals surface area contributed by atoms with Crippen molar-refractivity contribution in [1.82, 2.24) is 15.3 Å². The Bertz CT molecular complexity index is 676. The van der Waals surface area contributed by atoms with E-state index < -0.39 is 0 Å². The van der Waals surface area contributed by atoms with Gasteiger partial charge in [-0.25, -0.2) is 0 Å². The number of aromatic nitrogens is 2. The second-order valence-electron chi connectivity index (χ2n) is 6.99. The van der Waals surface area contributed by atoms with Gasteiger partial charge >= 0.3 is 0 Å². The van der Waals surface area contributed by atoms with Crippen LogP contribution in [0, 0.1) is 5.92 Å². The fourth-order valence-corrected chi connectivity index (χ4v) is 3.22. The van der Waals surface area contributed by atoms with Crippen LogP contribution in [0.3, 0.4) is 0 Å². The van der Waals surface area contributed by atoms with Gasteiger partial charge in [-0.15, -0.1) is 0 Å². The molecule has 5 nitrogen and oxygen atoms in total. The molecule has 2 fully saturated rings. The molecule has 3 heterocycles. The number of ether oxygens (including phenoxy) is 2. The number of rotatable bonds is 9. The first-order valence-electron chi connectivity index (χ1n) is 9.16. The van der Waals surface area contributed by atoms with Crippen LogP contribution in [0.2, 0.25) is 0 Å². The summed E-state index contributed by atoms with van der Waals surface area (Å²) in [5.74, 6) is 2.07. The van der Waals surface area contributed by atoms with Gasteiger partial charge in [-0.1, -0.05) is 0 Å². The van der Waals surface area contributed by atoms with Crippen molar-refractivity contribution < 1.29 is 9.47 Å². The lowest BCUT2D eigenvalue weighted by Crippen LogP contribution is -2.46. The first-order valence-corrected chi connectivity index (χ1v) is 9.16. The highest BCUT2D eigenvalue weighted by atomic mass is 16.5. The SMILES string of the molecule is c1cc(CCOC[C@@H]2C[C@@H]2c2cncc(OC[C@@H]3CCN3)c2)ccn1. The van der Waals surface area contributed by atoms with Crippen molar-refractivity contribution in [2.24, 2.45) is 5.92 Å². The zero-order chi connectivity index (χ0) is 16.9. The smallest absolute Gasteiger partial charge is 0.137 e. The van der Waals surface area contributed by atoms with Gasteiger partial charge in [0, 0.05) is 24.6 Å². The van der Waals surface area contributed by atoms with E-state index in [1.165, 1.54) is 24.0 Å². The molecule has 132 valence electrons. The average molecular weight is 339 g/mol. The van der Waals surface area contributed by atoms with Crippen LogP contribution in [0.4, 0.5) is 0 Å². The molecule has 0 amide bonds. The van der Waals surface area contributed by atoms with Gasteiger partial charge in [-0.2, -0.15) is 0 Å². The third-order valence-corrected chi connectivity index (χ3v) is 5.08. The molecule has 25 heavy (non-hydrogen) atoms. The first kappa shape index (κ1) is 16.5. The van der Waals surface area contributed by atoms with Crippen LogP contribution in [0.25, 0.3) is 0 Å². The largest absolute Gasteiger partial charge is 0.490 e. The van der Waals surface area contributed by atoms with Crippen LogP contribution < -0.4 is 10.1 Å². The predicted molar refractivity (Wildman–Crippen MR) is 95.7 cm³/mol. The van der Waals surface area contributed by atoms with Crippen molar-refractivity contribution in [2.45, 2.75) is 31.2 Å². The minimum Gasteiger partial charge on any atom is -0.490 e. The van der Waals surface area contributed by atoms with Gasteiger partial charge in [0.2, 0.25) is 0 Å². The molecule has 0 unspecified atom stereocenters. The van der Waals surface area contributed by atoms with Crippen LogP contribution in [-0.2, 0) is 11.2 Å². The van der Waals surface area contributed by atoms with Crippen molar-refractivity contribution in [1.29, 1.82) is 0 Å². The molecule has 4 rings (SSSR count). The van der Waals surface area contributed by atoms with E-state index in [4.69, 9.17) is 9.47 Å². The zero-order valence-electron chi connectivity index (χ0n) is 14.4. The number of hydrogen-bond acceptors (Lipinski definition) is 5. The van der Waals surface area contributed by atoms with E-state index in [9.17, 15) is 0 Å². The molecule has 0 aromatic carbocycles. The highest BCUT2D eigenvalue weighted by Gasteiger charge is 2.38. The van der Waals surface area contributed by atoms with Gasteiger partial charge in [0.15, 0.2) is 0 Å². The minimum atomic E-state index is 0.506. The normalized spacial score (nSPS) is 24.6. The molecule has 5 heteroatoms. The van der Waals surface area contributed by atoms with E-state index in [0.717, 1.165) is 38.5 Å². The van der Waals surface area contributed by atoms with Crippen LogP contribution >= 0.6 is 0 Å². The Kier molecular flexibility index (Phi) is 5.23. The Labute approximate surface area is 148 Å². The van der Waals surface area contributed by atoms with Gasteiger partial charge < -0.3 is 14.8 Å².